The SMILES string of the molecule is COc1cc(C(=O)NCc2ccc(S(=O)(=O)N3CCOCC3)s2)ccc1OCCC(C)C. The van der Waals surface area contributed by atoms with E-state index in [4.69, 9.17) is 14.2 Å². The van der Waals surface area contributed by atoms with Gasteiger partial charge in [-0.2, -0.15) is 4.31 Å². The monoisotopic (exact) mass is 482 g/mol. The second-order valence-corrected chi connectivity index (χ2v) is 11.1. The first-order chi connectivity index (χ1) is 15.3. The average Bonchev–Trinajstić information content (AvgIpc) is 3.28. The van der Waals surface area contributed by atoms with Crippen LogP contribution in [-0.4, -0.2) is 58.7 Å². The molecule has 2 heterocycles. The van der Waals surface area contributed by atoms with E-state index >= 15 is 0 Å². The van der Waals surface area contributed by atoms with Gasteiger partial charge in [0.25, 0.3) is 15.9 Å². The molecule has 0 radical (unpaired) electrons. The third kappa shape index (κ3) is 6.22. The van der Waals surface area contributed by atoms with Crippen molar-refractivity contribution in [3.8, 4) is 11.5 Å². The summed E-state index contributed by atoms with van der Waals surface area (Å²) in [5.74, 6) is 1.35. The maximum absolute atomic E-state index is 12.7. The summed E-state index contributed by atoms with van der Waals surface area (Å²) in [4.78, 5) is 13.4. The zero-order valence-corrected chi connectivity index (χ0v) is 20.3. The molecular weight excluding hydrogens is 452 g/mol. The maximum atomic E-state index is 12.7. The molecule has 1 saturated heterocycles. The van der Waals surface area contributed by atoms with Crippen LogP contribution in [0.3, 0.4) is 0 Å². The number of ether oxygens (including phenoxy) is 3. The van der Waals surface area contributed by atoms with E-state index in [0.717, 1.165) is 22.6 Å². The van der Waals surface area contributed by atoms with E-state index in [1.54, 1.807) is 30.3 Å². The van der Waals surface area contributed by atoms with Gasteiger partial charge < -0.3 is 19.5 Å². The van der Waals surface area contributed by atoms with Crippen molar-refractivity contribution in [2.24, 2.45) is 5.92 Å². The number of thiophene rings is 1. The molecule has 0 unspecified atom stereocenters. The molecule has 1 aliphatic heterocycles. The van der Waals surface area contributed by atoms with E-state index in [1.807, 2.05) is 0 Å². The van der Waals surface area contributed by atoms with Crippen molar-refractivity contribution in [1.29, 1.82) is 0 Å². The number of sulfonamides is 1. The van der Waals surface area contributed by atoms with Gasteiger partial charge in [0.2, 0.25) is 0 Å². The highest BCUT2D eigenvalue weighted by molar-refractivity contribution is 7.91. The molecule has 1 aromatic heterocycles. The van der Waals surface area contributed by atoms with Gasteiger partial charge in [-0.25, -0.2) is 8.42 Å². The van der Waals surface area contributed by atoms with E-state index in [-0.39, 0.29) is 16.7 Å². The highest BCUT2D eigenvalue weighted by atomic mass is 32.2. The fraction of sp³-hybridized carbons (Fsp3) is 0.500. The van der Waals surface area contributed by atoms with Crippen LogP contribution >= 0.6 is 11.3 Å². The van der Waals surface area contributed by atoms with Gasteiger partial charge in [0, 0.05) is 23.5 Å². The zero-order chi connectivity index (χ0) is 23.1. The average molecular weight is 483 g/mol. The molecule has 8 nitrogen and oxygen atoms in total. The fourth-order valence-corrected chi connectivity index (χ4v) is 5.97. The van der Waals surface area contributed by atoms with Crippen molar-refractivity contribution < 1.29 is 27.4 Å². The first kappa shape index (κ1) is 24.5. The summed E-state index contributed by atoms with van der Waals surface area (Å²) in [6, 6.07) is 8.37. The number of hydrogen-bond acceptors (Lipinski definition) is 7. The van der Waals surface area contributed by atoms with Crippen LogP contribution in [0.5, 0.6) is 11.5 Å². The molecule has 1 aliphatic rings. The van der Waals surface area contributed by atoms with Crippen molar-refractivity contribution in [2.45, 2.75) is 31.0 Å². The number of carbonyl (C=O) groups excluding carboxylic acids is 1. The van der Waals surface area contributed by atoms with Crippen molar-refractivity contribution in [1.82, 2.24) is 9.62 Å². The summed E-state index contributed by atoms with van der Waals surface area (Å²) >= 11 is 1.16. The van der Waals surface area contributed by atoms with E-state index in [2.05, 4.69) is 19.2 Å². The molecule has 0 spiro atoms. The van der Waals surface area contributed by atoms with E-state index in [0.29, 0.717) is 55.9 Å². The molecular formula is C22H30N2O6S2. The Morgan fingerprint density at radius 3 is 2.62 bits per heavy atom. The second-order valence-electron chi connectivity index (χ2n) is 7.82. The Bertz CT molecular complexity index is 1010. The molecule has 0 atom stereocenters. The number of carbonyl (C=O) groups is 1. The first-order valence-electron chi connectivity index (χ1n) is 10.6. The molecule has 1 amide bonds. The zero-order valence-electron chi connectivity index (χ0n) is 18.6. The highest BCUT2D eigenvalue weighted by Gasteiger charge is 2.27. The number of methoxy groups -OCH3 is 1. The molecule has 0 aliphatic carbocycles. The Balaban J connectivity index is 1.60. The predicted octanol–water partition coefficient (Wildman–Crippen LogP) is 3.13. The fourth-order valence-electron chi connectivity index (χ4n) is 3.11. The lowest BCUT2D eigenvalue weighted by molar-refractivity contribution is 0.0731. The summed E-state index contributed by atoms with van der Waals surface area (Å²) in [7, 11) is -1.99. The largest absolute Gasteiger partial charge is 0.493 e. The Kier molecular flexibility index (Phi) is 8.52. The van der Waals surface area contributed by atoms with Gasteiger partial charge in [-0.15, -0.1) is 11.3 Å². The highest BCUT2D eigenvalue weighted by Crippen LogP contribution is 2.29. The Morgan fingerprint density at radius 1 is 1.19 bits per heavy atom. The molecule has 10 heteroatoms. The summed E-state index contributed by atoms with van der Waals surface area (Å²) in [5.41, 5.74) is 0.441. The molecule has 1 N–H and O–H groups in total. The lowest BCUT2D eigenvalue weighted by Gasteiger charge is -2.25. The van der Waals surface area contributed by atoms with Gasteiger partial charge in [-0.3, -0.25) is 4.79 Å². The maximum Gasteiger partial charge on any atom is 0.252 e. The minimum absolute atomic E-state index is 0.233. The van der Waals surface area contributed by atoms with Crippen molar-refractivity contribution in [3.63, 3.8) is 0 Å². The Labute approximate surface area is 193 Å². The number of hydrogen-bond donors (Lipinski definition) is 1. The third-order valence-electron chi connectivity index (χ3n) is 5.00. The van der Waals surface area contributed by atoms with Gasteiger partial charge in [-0.05, 0) is 42.7 Å². The summed E-state index contributed by atoms with van der Waals surface area (Å²) < 4.78 is 43.6. The van der Waals surface area contributed by atoms with E-state index < -0.39 is 10.0 Å². The number of rotatable bonds is 10. The molecule has 3 rings (SSSR count). The molecule has 1 fully saturated rings. The molecule has 2 aromatic rings. The topological polar surface area (TPSA) is 94.2 Å². The smallest absolute Gasteiger partial charge is 0.252 e. The minimum Gasteiger partial charge on any atom is -0.493 e. The summed E-state index contributed by atoms with van der Waals surface area (Å²) in [6.07, 6.45) is 0.926. The van der Waals surface area contributed by atoms with Crippen LogP contribution in [0.2, 0.25) is 0 Å². The van der Waals surface area contributed by atoms with Crippen LogP contribution in [0.4, 0.5) is 0 Å². The number of benzene rings is 1. The molecule has 176 valence electrons. The van der Waals surface area contributed by atoms with Crippen molar-refractivity contribution >= 4 is 27.3 Å². The third-order valence-corrected chi connectivity index (χ3v) is 8.45. The van der Waals surface area contributed by atoms with Crippen LogP contribution in [0.1, 0.15) is 35.5 Å². The molecule has 0 saturated carbocycles. The van der Waals surface area contributed by atoms with E-state index in [9.17, 15) is 13.2 Å². The lowest BCUT2D eigenvalue weighted by Crippen LogP contribution is -2.40. The van der Waals surface area contributed by atoms with Gasteiger partial charge in [-0.1, -0.05) is 13.8 Å². The molecule has 1 aromatic carbocycles. The van der Waals surface area contributed by atoms with E-state index in [1.165, 1.54) is 11.4 Å². The lowest BCUT2D eigenvalue weighted by atomic mass is 10.1. The van der Waals surface area contributed by atoms with Gasteiger partial charge in [0.15, 0.2) is 11.5 Å². The number of morpholine rings is 1. The quantitative estimate of drug-likeness (QED) is 0.559. The first-order valence-corrected chi connectivity index (χ1v) is 12.8. The predicted molar refractivity (Wildman–Crippen MR) is 123 cm³/mol. The normalized spacial score (nSPS) is 15.0. The van der Waals surface area contributed by atoms with Crippen LogP contribution in [-0.2, 0) is 21.3 Å². The molecule has 0 bridgehead atoms. The van der Waals surface area contributed by atoms with Gasteiger partial charge in [0.1, 0.15) is 4.21 Å². The minimum atomic E-state index is -3.53. The second kappa shape index (κ2) is 11.1. The van der Waals surface area contributed by atoms with Crippen molar-refractivity contribution in [3.05, 3.63) is 40.8 Å². The molecule has 32 heavy (non-hydrogen) atoms. The van der Waals surface area contributed by atoms with Gasteiger partial charge in [0.05, 0.1) is 33.5 Å². The Morgan fingerprint density at radius 2 is 1.94 bits per heavy atom. The van der Waals surface area contributed by atoms with Crippen molar-refractivity contribution in [2.75, 3.05) is 40.0 Å². The van der Waals surface area contributed by atoms with Crippen LogP contribution in [0, 0.1) is 5.92 Å². The van der Waals surface area contributed by atoms with Crippen LogP contribution < -0.4 is 14.8 Å². The number of amides is 1. The van der Waals surface area contributed by atoms with Gasteiger partial charge >= 0.3 is 0 Å². The number of nitrogens with zero attached hydrogens (tertiary/aromatic N) is 1. The van der Waals surface area contributed by atoms with Crippen LogP contribution in [0.15, 0.2) is 34.5 Å². The standard InChI is InChI=1S/C22H30N2O6S2/c1-16(2)8-11-30-19-6-4-17(14-20(19)28-3)22(25)23-15-18-5-7-21(31-18)32(26,27)24-9-12-29-13-10-24/h4-7,14,16H,8-13,15H2,1-3H3,(H,23,25). The summed E-state index contributed by atoms with van der Waals surface area (Å²) in [6.45, 7) is 6.57. The summed E-state index contributed by atoms with van der Waals surface area (Å²) in [5, 5.41) is 2.84. The number of nitrogens with one attached hydrogen (secondary N) is 1. The Hall–Kier alpha value is -2.14. The van der Waals surface area contributed by atoms with Crippen LogP contribution in [0.25, 0.3) is 0 Å².